The summed E-state index contributed by atoms with van der Waals surface area (Å²) in [7, 11) is 3.16. The van der Waals surface area contributed by atoms with Crippen molar-refractivity contribution in [3.63, 3.8) is 0 Å². The maximum atomic E-state index is 11.5. The minimum absolute atomic E-state index is 0.0106. The highest BCUT2D eigenvalue weighted by molar-refractivity contribution is 5.68. The molecular formula is C18H28O9. The van der Waals surface area contributed by atoms with E-state index >= 15 is 0 Å². The van der Waals surface area contributed by atoms with E-state index in [-0.39, 0.29) is 31.5 Å². The number of carbonyl (C=O) groups excluding carboxylic acids is 1. The average molecular weight is 388 g/mol. The quantitative estimate of drug-likeness (QED) is 0.183. The lowest BCUT2D eigenvalue weighted by atomic mass is 10.3. The van der Waals surface area contributed by atoms with Crippen molar-refractivity contribution in [1.82, 2.24) is 0 Å². The second kappa shape index (κ2) is 15.0. The van der Waals surface area contributed by atoms with E-state index in [1.807, 2.05) is 6.92 Å². The average Bonchev–Trinajstić information content (AvgIpc) is 2.67. The van der Waals surface area contributed by atoms with Gasteiger partial charge in [-0.25, -0.2) is 4.79 Å². The minimum atomic E-state index is -0.478. The highest BCUT2D eigenvalue weighted by Crippen LogP contribution is 2.37. The van der Waals surface area contributed by atoms with Crippen LogP contribution in [0.1, 0.15) is 19.8 Å². The third-order valence-corrected chi connectivity index (χ3v) is 3.07. The Bertz CT molecular complexity index is 522. The van der Waals surface area contributed by atoms with E-state index in [1.165, 1.54) is 0 Å². The van der Waals surface area contributed by atoms with Crippen molar-refractivity contribution in [2.45, 2.75) is 19.8 Å². The topological polar surface area (TPSA) is 90.9 Å². The second-order valence-electron chi connectivity index (χ2n) is 5.20. The number of hydrogen-bond donors (Lipinski definition) is 0. The fourth-order valence-corrected chi connectivity index (χ4v) is 1.76. The molecule has 0 fully saturated rings. The van der Waals surface area contributed by atoms with Crippen LogP contribution in [0.2, 0.25) is 0 Å². The zero-order valence-electron chi connectivity index (χ0n) is 16.1. The Balaban J connectivity index is 2.70. The molecule has 0 aliphatic carbocycles. The van der Waals surface area contributed by atoms with Crippen LogP contribution in [0, 0.1) is 0 Å². The molecule has 0 saturated carbocycles. The van der Waals surface area contributed by atoms with Crippen LogP contribution in [0.25, 0.3) is 0 Å². The first-order valence-corrected chi connectivity index (χ1v) is 8.62. The smallest absolute Gasteiger partial charge is 0.355 e. The van der Waals surface area contributed by atoms with Crippen molar-refractivity contribution < 1.29 is 43.0 Å². The highest BCUT2D eigenvalue weighted by atomic mass is 17.2. The number of methoxy groups -OCH3 is 2. The van der Waals surface area contributed by atoms with Crippen LogP contribution >= 0.6 is 0 Å². The van der Waals surface area contributed by atoms with E-state index in [9.17, 15) is 4.79 Å². The van der Waals surface area contributed by atoms with Crippen molar-refractivity contribution in [1.29, 1.82) is 0 Å². The van der Waals surface area contributed by atoms with E-state index in [0.717, 1.165) is 0 Å². The van der Waals surface area contributed by atoms with Crippen LogP contribution < -0.4 is 14.4 Å². The molecule has 0 atom stereocenters. The Morgan fingerprint density at radius 1 is 0.889 bits per heavy atom. The monoisotopic (exact) mass is 388 g/mol. The zero-order chi connectivity index (χ0) is 19.7. The molecular weight excluding hydrogens is 360 g/mol. The van der Waals surface area contributed by atoms with Gasteiger partial charge in [-0.15, -0.1) is 0 Å². The van der Waals surface area contributed by atoms with Gasteiger partial charge in [-0.05, 0) is 18.6 Å². The molecule has 0 bridgehead atoms. The Morgan fingerprint density at radius 3 is 2.15 bits per heavy atom. The minimum Gasteiger partial charge on any atom is -0.463 e. The van der Waals surface area contributed by atoms with Gasteiger partial charge >= 0.3 is 5.97 Å². The lowest BCUT2D eigenvalue weighted by molar-refractivity contribution is -0.214. The van der Waals surface area contributed by atoms with Crippen LogP contribution in [-0.2, 0) is 28.6 Å². The van der Waals surface area contributed by atoms with Gasteiger partial charge in [0.25, 0.3) is 0 Å². The van der Waals surface area contributed by atoms with E-state index < -0.39 is 5.97 Å². The first-order chi connectivity index (χ1) is 13.2. The zero-order valence-corrected chi connectivity index (χ0v) is 16.1. The highest BCUT2D eigenvalue weighted by Gasteiger charge is 2.16. The number of carbonyl (C=O) groups is 1. The van der Waals surface area contributed by atoms with Gasteiger partial charge in [0.2, 0.25) is 11.5 Å². The summed E-state index contributed by atoms with van der Waals surface area (Å²) in [5, 5.41) is 0. The summed E-state index contributed by atoms with van der Waals surface area (Å²) in [5.41, 5.74) is 0. The summed E-state index contributed by atoms with van der Waals surface area (Å²) in [5.74, 6) is 0.291. The molecule has 1 rings (SSSR count). The van der Waals surface area contributed by atoms with Gasteiger partial charge in [-0.2, -0.15) is 0 Å². The lowest BCUT2D eigenvalue weighted by Crippen LogP contribution is -2.12. The number of hydrogen-bond acceptors (Lipinski definition) is 9. The summed E-state index contributed by atoms with van der Waals surface area (Å²) in [6, 6.07) is 4.93. The molecule has 0 aromatic heterocycles. The SMILES string of the molecule is CCCC(=O)OOc1cccc(OCOCCOC)c1OCOCCOC. The van der Waals surface area contributed by atoms with Gasteiger partial charge < -0.3 is 28.4 Å². The van der Waals surface area contributed by atoms with Crippen LogP contribution in [0.3, 0.4) is 0 Å². The first kappa shape index (κ1) is 23.0. The van der Waals surface area contributed by atoms with Gasteiger partial charge in [0.15, 0.2) is 19.3 Å². The Labute approximate surface area is 159 Å². The third kappa shape index (κ3) is 10.00. The van der Waals surface area contributed by atoms with Gasteiger partial charge in [0, 0.05) is 20.6 Å². The molecule has 1 aromatic rings. The standard InChI is InChI=1S/C18H28O9/c1-4-6-17(19)27-26-16-8-5-7-15(24-13-22-11-9-20-2)18(16)25-14-23-12-10-21-3/h5,7-8H,4,6,9-14H2,1-3H3. The second-order valence-corrected chi connectivity index (χ2v) is 5.20. The largest absolute Gasteiger partial charge is 0.463 e. The summed E-state index contributed by atoms with van der Waals surface area (Å²) >= 11 is 0. The molecule has 0 aliphatic rings. The molecule has 0 N–H and O–H groups in total. The molecule has 0 unspecified atom stereocenters. The molecule has 154 valence electrons. The number of rotatable bonds is 16. The van der Waals surface area contributed by atoms with Gasteiger partial charge in [-0.3, -0.25) is 9.78 Å². The molecule has 0 amide bonds. The van der Waals surface area contributed by atoms with Crippen molar-refractivity contribution in [3.8, 4) is 17.2 Å². The Kier molecular flexibility index (Phi) is 12.8. The van der Waals surface area contributed by atoms with Crippen molar-refractivity contribution >= 4 is 5.97 Å². The molecule has 0 spiro atoms. The molecule has 9 heteroatoms. The van der Waals surface area contributed by atoms with E-state index in [4.69, 9.17) is 38.2 Å². The van der Waals surface area contributed by atoms with Crippen LogP contribution in [0.15, 0.2) is 18.2 Å². The lowest BCUT2D eigenvalue weighted by Gasteiger charge is -2.15. The van der Waals surface area contributed by atoms with Crippen LogP contribution in [-0.4, -0.2) is 60.2 Å². The number of ether oxygens (including phenoxy) is 6. The summed E-state index contributed by atoms with van der Waals surface area (Å²) in [4.78, 5) is 21.4. The van der Waals surface area contributed by atoms with E-state index in [1.54, 1.807) is 32.4 Å². The molecule has 0 saturated heterocycles. The van der Waals surface area contributed by atoms with Crippen molar-refractivity contribution in [2.75, 3.05) is 54.2 Å². The van der Waals surface area contributed by atoms with Gasteiger partial charge in [0.1, 0.15) is 0 Å². The molecule has 1 aromatic carbocycles. The first-order valence-electron chi connectivity index (χ1n) is 8.62. The predicted molar refractivity (Wildman–Crippen MR) is 94.7 cm³/mol. The molecule has 27 heavy (non-hydrogen) atoms. The van der Waals surface area contributed by atoms with E-state index in [0.29, 0.717) is 38.6 Å². The van der Waals surface area contributed by atoms with E-state index in [2.05, 4.69) is 0 Å². The van der Waals surface area contributed by atoms with Crippen LogP contribution in [0.4, 0.5) is 0 Å². The number of benzene rings is 1. The normalized spacial score (nSPS) is 10.5. The molecule has 9 nitrogen and oxygen atoms in total. The third-order valence-electron chi connectivity index (χ3n) is 3.07. The molecule has 0 radical (unpaired) electrons. The summed E-state index contributed by atoms with van der Waals surface area (Å²) in [6.07, 6.45) is 0.903. The van der Waals surface area contributed by atoms with Gasteiger partial charge in [-0.1, -0.05) is 13.0 Å². The molecule has 0 aliphatic heterocycles. The molecule has 0 heterocycles. The van der Waals surface area contributed by atoms with Crippen molar-refractivity contribution in [2.24, 2.45) is 0 Å². The Hall–Kier alpha value is -2.07. The summed E-state index contributed by atoms with van der Waals surface area (Å²) in [6.45, 7) is 3.43. The van der Waals surface area contributed by atoms with Crippen molar-refractivity contribution in [3.05, 3.63) is 18.2 Å². The number of para-hydroxylation sites is 1. The maximum absolute atomic E-state index is 11.5. The maximum Gasteiger partial charge on any atom is 0.355 e. The Morgan fingerprint density at radius 2 is 1.52 bits per heavy atom. The predicted octanol–water partition coefficient (Wildman–Crippen LogP) is 2.32. The van der Waals surface area contributed by atoms with Gasteiger partial charge in [0.05, 0.1) is 26.4 Å². The fourth-order valence-electron chi connectivity index (χ4n) is 1.76. The summed E-state index contributed by atoms with van der Waals surface area (Å²) < 4.78 is 31.5. The fraction of sp³-hybridized carbons (Fsp3) is 0.611. The van der Waals surface area contributed by atoms with Crippen LogP contribution in [0.5, 0.6) is 17.2 Å².